The Kier molecular flexibility index (Phi) is 5.36. The monoisotopic (exact) mass is 400 g/mol. The van der Waals surface area contributed by atoms with E-state index in [0.29, 0.717) is 36.0 Å². The van der Waals surface area contributed by atoms with E-state index in [0.717, 1.165) is 36.9 Å². The Labute approximate surface area is 169 Å². The maximum Gasteiger partial charge on any atom is 0.339 e. The number of nitrogens with zero attached hydrogens (tertiary/aromatic N) is 2. The Hall–Kier alpha value is -2.38. The minimum absolute atomic E-state index is 0.0336. The summed E-state index contributed by atoms with van der Waals surface area (Å²) in [5.74, 6) is 0.475. The Morgan fingerprint density at radius 3 is 2.55 bits per heavy atom. The van der Waals surface area contributed by atoms with Gasteiger partial charge in [0.2, 0.25) is 0 Å². The number of aryl methyl sites for hydroxylation is 1. The van der Waals surface area contributed by atoms with Crippen molar-refractivity contribution in [1.82, 2.24) is 9.80 Å². The molecule has 1 unspecified atom stereocenters. The number of carbonyl (C=O) groups is 1. The molecule has 29 heavy (non-hydrogen) atoms. The molecule has 2 aromatic rings. The van der Waals surface area contributed by atoms with Crippen LogP contribution in [0.1, 0.15) is 30.9 Å². The molecule has 2 aliphatic rings. The SMILES string of the molecule is Cc1c(C)c2ccc(OC(C)C(=O)N3CCC(N4CC(O)C4)CC3)cc2oc1=O. The smallest absolute Gasteiger partial charge is 0.339 e. The summed E-state index contributed by atoms with van der Waals surface area (Å²) in [4.78, 5) is 28.9. The van der Waals surface area contributed by atoms with Crippen LogP contribution in [0.25, 0.3) is 11.0 Å². The van der Waals surface area contributed by atoms with Crippen molar-refractivity contribution in [2.24, 2.45) is 0 Å². The molecule has 1 atom stereocenters. The molecular weight excluding hydrogens is 372 g/mol. The van der Waals surface area contributed by atoms with E-state index < -0.39 is 6.10 Å². The summed E-state index contributed by atoms with van der Waals surface area (Å²) in [5, 5.41) is 10.3. The van der Waals surface area contributed by atoms with E-state index in [1.54, 1.807) is 26.0 Å². The number of benzene rings is 1. The number of hydrogen-bond donors (Lipinski definition) is 1. The standard InChI is InChI=1S/C22H28N2O5/c1-13-14(2)22(27)29-20-10-18(4-5-19(13)20)28-15(3)21(26)23-8-6-16(7-9-23)24-11-17(25)12-24/h4-5,10,15-17,25H,6-9,11-12H2,1-3H3. The first-order valence-corrected chi connectivity index (χ1v) is 10.2. The number of ether oxygens (including phenoxy) is 1. The third-order valence-corrected chi connectivity index (χ3v) is 6.27. The first kappa shape index (κ1) is 19.9. The predicted molar refractivity (Wildman–Crippen MR) is 109 cm³/mol. The number of aliphatic hydroxyl groups is 1. The zero-order chi connectivity index (χ0) is 20.7. The fraction of sp³-hybridized carbons (Fsp3) is 0.545. The lowest BCUT2D eigenvalue weighted by atomic mass is 9.98. The van der Waals surface area contributed by atoms with E-state index in [4.69, 9.17) is 9.15 Å². The Bertz CT molecular complexity index is 971. The van der Waals surface area contributed by atoms with Crippen LogP contribution in [-0.2, 0) is 4.79 Å². The van der Waals surface area contributed by atoms with Crippen molar-refractivity contribution < 1.29 is 19.1 Å². The number of hydrogen-bond acceptors (Lipinski definition) is 6. The van der Waals surface area contributed by atoms with Gasteiger partial charge < -0.3 is 19.2 Å². The molecule has 3 heterocycles. The second kappa shape index (κ2) is 7.80. The van der Waals surface area contributed by atoms with Crippen LogP contribution in [0, 0.1) is 13.8 Å². The molecular formula is C22H28N2O5. The Balaban J connectivity index is 1.39. The summed E-state index contributed by atoms with van der Waals surface area (Å²) in [7, 11) is 0. The molecule has 1 aromatic heterocycles. The normalized spacial score (nSPS) is 19.9. The number of likely N-dealkylation sites (tertiary alicyclic amines) is 2. The lowest BCUT2D eigenvalue weighted by Crippen LogP contribution is -2.58. The van der Waals surface area contributed by atoms with Crippen molar-refractivity contribution in [3.63, 3.8) is 0 Å². The average Bonchev–Trinajstić information content (AvgIpc) is 2.69. The van der Waals surface area contributed by atoms with E-state index in [1.165, 1.54) is 0 Å². The third-order valence-electron chi connectivity index (χ3n) is 6.27. The van der Waals surface area contributed by atoms with Crippen LogP contribution in [0.2, 0.25) is 0 Å². The van der Waals surface area contributed by atoms with Crippen LogP contribution in [0.5, 0.6) is 5.75 Å². The maximum absolute atomic E-state index is 12.8. The minimum Gasteiger partial charge on any atom is -0.481 e. The molecule has 0 saturated carbocycles. The number of piperidine rings is 1. The molecule has 7 heteroatoms. The summed E-state index contributed by atoms with van der Waals surface area (Å²) >= 11 is 0. The van der Waals surface area contributed by atoms with E-state index >= 15 is 0 Å². The van der Waals surface area contributed by atoms with Crippen molar-refractivity contribution in [3.05, 3.63) is 39.7 Å². The van der Waals surface area contributed by atoms with Gasteiger partial charge in [-0.2, -0.15) is 0 Å². The molecule has 0 bridgehead atoms. The maximum atomic E-state index is 12.8. The van der Waals surface area contributed by atoms with Crippen molar-refractivity contribution >= 4 is 16.9 Å². The van der Waals surface area contributed by atoms with Gasteiger partial charge in [0, 0.05) is 49.2 Å². The fourth-order valence-electron chi connectivity index (χ4n) is 4.25. The second-order valence-electron chi connectivity index (χ2n) is 8.22. The van der Waals surface area contributed by atoms with Gasteiger partial charge in [-0.25, -0.2) is 4.79 Å². The number of rotatable bonds is 4. The molecule has 4 rings (SSSR count). The first-order valence-electron chi connectivity index (χ1n) is 10.2. The van der Waals surface area contributed by atoms with Crippen molar-refractivity contribution in [2.45, 2.75) is 51.9 Å². The first-order chi connectivity index (χ1) is 13.8. The molecule has 2 aliphatic heterocycles. The highest BCUT2D eigenvalue weighted by atomic mass is 16.5. The molecule has 2 fully saturated rings. The molecule has 2 saturated heterocycles. The summed E-state index contributed by atoms with van der Waals surface area (Å²) in [6.07, 6.45) is 1.03. The summed E-state index contributed by atoms with van der Waals surface area (Å²) in [6.45, 7) is 8.29. The van der Waals surface area contributed by atoms with Gasteiger partial charge in [-0.3, -0.25) is 9.69 Å². The lowest BCUT2D eigenvalue weighted by molar-refractivity contribution is -0.140. The molecule has 1 N–H and O–H groups in total. The topological polar surface area (TPSA) is 83.2 Å². The number of amides is 1. The number of aliphatic hydroxyl groups excluding tert-OH is 1. The van der Waals surface area contributed by atoms with E-state index in [2.05, 4.69) is 4.90 Å². The van der Waals surface area contributed by atoms with Gasteiger partial charge in [-0.15, -0.1) is 0 Å². The van der Waals surface area contributed by atoms with Gasteiger partial charge in [0.1, 0.15) is 11.3 Å². The number of fused-ring (bicyclic) bond motifs is 1. The molecule has 1 amide bonds. The van der Waals surface area contributed by atoms with Crippen molar-refractivity contribution in [2.75, 3.05) is 26.2 Å². The number of carbonyl (C=O) groups excluding carboxylic acids is 1. The van der Waals surface area contributed by atoms with Gasteiger partial charge in [0.25, 0.3) is 5.91 Å². The van der Waals surface area contributed by atoms with E-state index in [1.807, 2.05) is 17.9 Å². The highest BCUT2D eigenvalue weighted by molar-refractivity contribution is 5.83. The van der Waals surface area contributed by atoms with Crippen molar-refractivity contribution in [3.8, 4) is 5.75 Å². The Morgan fingerprint density at radius 2 is 1.90 bits per heavy atom. The largest absolute Gasteiger partial charge is 0.481 e. The van der Waals surface area contributed by atoms with Crippen LogP contribution in [0.4, 0.5) is 0 Å². The zero-order valence-corrected chi connectivity index (χ0v) is 17.2. The van der Waals surface area contributed by atoms with Gasteiger partial charge in [-0.05, 0) is 51.3 Å². The van der Waals surface area contributed by atoms with Crippen LogP contribution in [-0.4, -0.2) is 65.2 Å². The quantitative estimate of drug-likeness (QED) is 0.789. The Morgan fingerprint density at radius 1 is 1.21 bits per heavy atom. The number of β-amino-alcohol motifs (C(OH)–C–C–N with tert-alkyl or cyclic N) is 1. The molecule has 1 aromatic carbocycles. The van der Waals surface area contributed by atoms with E-state index in [-0.39, 0.29) is 17.6 Å². The third kappa shape index (κ3) is 3.89. The molecule has 0 aliphatic carbocycles. The van der Waals surface area contributed by atoms with Crippen LogP contribution in [0.15, 0.2) is 27.4 Å². The molecule has 0 spiro atoms. The highest BCUT2D eigenvalue weighted by Crippen LogP contribution is 2.26. The minimum atomic E-state index is -0.618. The van der Waals surface area contributed by atoms with Gasteiger partial charge in [0.05, 0.1) is 6.10 Å². The van der Waals surface area contributed by atoms with E-state index in [9.17, 15) is 14.7 Å². The molecule has 0 radical (unpaired) electrons. The molecule has 156 valence electrons. The molecule has 7 nitrogen and oxygen atoms in total. The summed E-state index contributed by atoms with van der Waals surface area (Å²) in [6, 6.07) is 5.79. The highest BCUT2D eigenvalue weighted by Gasteiger charge is 2.34. The van der Waals surface area contributed by atoms with Gasteiger partial charge in [-0.1, -0.05) is 0 Å². The lowest BCUT2D eigenvalue weighted by Gasteiger charge is -2.45. The van der Waals surface area contributed by atoms with Crippen LogP contribution < -0.4 is 10.4 Å². The summed E-state index contributed by atoms with van der Waals surface area (Å²) in [5.41, 5.74) is 1.61. The summed E-state index contributed by atoms with van der Waals surface area (Å²) < 4.78 is 11.2. The predicted octanol–water partition coefficient (Wildman–Crippen LogP) is 1.84. The zero-order valence-electron chi connectivity index (χ0n) is 17.2. The van der Waals surface area contributed by atoms with Crippen LogP contribution in [0.3, 0.4) is 0 Å². The van der Waals surface area contributed by atoms with Gasteiger partial charge in [0.15, 0.2) is 6.10 Å². The van der Waals surface area contributed by atoms with Gasteiger partial charge >= 0.3 is 5.63 Å². The average molecular weight is 400 g/mol. The van der Waals surface area contributed by atoms with Crippen LogP contribution >= 0.6 is 0 Å². The fourth-order valence-corrected chi connectivity index (χ4v) is 4.25. The second-order valence-corrected chi connectivity index (χ2v) is 8.22. The van der Waals surface area contributed by atoms with Crippen molar-refractivity contribution in [1.29, 1.82) is 0 Å².